The van der Waals surface area contributed by atoms with Crippen LogP contribution < -0.4 is 5.73 Å². The van der Waals surface area contributed by atoms with Crippen molar-refractivity contribution in [3.8, 4) is 0 Å². The molecule has 0 spiro atoms. The van der Waals surface area contributed by atoms with E-state index in [0.29, 0.717) is 0 Å². The number of benzene rings is 2. The Morgan fingerprint density at radius 1 is 1.00 bits per heavy atom. The van der Waals surface area contributed by atoms with Gasteiger partial charge in [-0.15, -0.1) is 0 Å². The van der Waals surface area contributed by atoms with Crippen LogP contribution in [0.25, 0.3) is 0 Å². The van der Waals surface area contributed by atoms with Gasteiger partial charge in [-0.2, -0.15) is 0 Å². The lowest BCUT2D eigenvalue weighted by molar-refractivity contribution is 0.850. The third-order valence-electron chi connectivity index (χ3n) is 3.15. The Balaban J connectivity index is 2.48. The summed E-state index contributed by atoms with van der Waals surface area (Å²) in [6.07, 6.45) is 0. The SMILES string of the molecule is Cc1cc(C)c(C(N)c2cc[c]cc2)c(C)c1. The van der Waals surface area contributed by atoms with Crippen molar-refractivity contribution in [1.82, 2.24) is 0 Å². The Hall–Kier alpha value is -1.60. The van der Waals surface area contributed by atoms with Crippen LogP contribution in [0.2, 0.25) is 0 Å². The lowest BCUT2D eigenvalue weighted by Crippen LogP contribution is -2.14. The van der Waals surface area contributed by atoms with E-state index in [2.05, 4.69) is 39.0 Å². The van der Waals surface area contributed by atoms with Crippen molar-refractivity contribution in [2.75, 3.05) is 0 Å². The maximum absolute atomic E-state index is 6.35. The average molecular weight is 224 g/mol. The summed E-state index contributed by atoms with van der Waals surface area (Å²) in [7, 11) is 0. The summed E-state index contributed by atoms with van der Waals surface area (Å²) in [6, 6.07) is 15.2. The highest BCUT2D eigenvalue weighted by Gasteiger charge is 2.13. The van der Waals surface area contributed by atoms with E-state index >= 15 is 0 Å². The fourth-order valence-electron chi connectivity index (χ4n) is 2.46. The Kier molecular flexibility index (Phi) is 3.30. The van der Waals surface area contributed by atoms with Crippen molar-refractivity contribution in [3.05, 3.63) is 70.3 Å². The molecule has 1 heteroatoms. The quantitative estimate of drug-likeness (QED) is 0.830. The molecule has 0 fully saturated rings. The van der Waals surface area contributed by atoms with Gasteiger partial charge in [0, 0.05) is 0 Å². The van der Waals surface area contributed by atoms with Gasteiger partial charge in [-0.25, -0.2) is 0 Å². The van der Waals surface area contributed by atoms with E-state index < -0.39 is 0 Å². The molecule has 87 valence electrons. The van der Waals surface area contributed by atoms with E-state index in [1.807, 2.05) is 24.3 Å². The van der Waals surface area contributed by atoms with E-state index in [9.17, 15) is 0 Å². The number of rotatable bonds is 2. The molecule has 2 aromatic carbocycles. The van der Waals surface area contributed by atoms with Gasteiger partial charge in [0.15, 0.2) is 0 Å². The Morgan fingerprint density at radius 2 is 1.53 bits per heavy atom. The number of nitrogens with two attached hydrogens (primary N) is 1. The molecule has 0 aliphatic heterocycles. The normalized spacial score (nSPS) is 12.5. The van der Waals surface area contributed by atoms with Crippen LogP contribution in [0.15, 0.2) is 36.4 Å². The molecule has 17 heavy (non-hydrogen) atoms. The highest BCUT2D eigenvalue weighted by Crippen LogP contribution is 2.26. The standard InChI is InChI=1S/C16H18N/c1-11-9-12(2)15(13(3)10-11)16(17)14-7-5-4-6-8-14/h5-10,16H,17H2,1-3H3. The van der Waals surface area contributed by atoms with Gasteiger partial charge in [-0.05, 0) is 49.1 Å². The van der Waals surface area contributed by atoms with E-state index in [1.54, 1.807) is 0 Å². The molecular formula is C16H18N. The minimum absolute atomic E-state index is 0.0507. The van der Waals surface area contributed by atoms with Crippen molar-refractivity contribution < 1.29 is 0 Å². The Labute approximate surface area is 103 Å². The molecule has 0 heterocycles. The van der Waals surface area contributed by atoms with Crippen LogP contribution >= 0.6 is 0 Å². The molecule has 2 rings (SSSR count). The van der Waals surface area contributed by atoms with Gasteiger partial charge < -0.3 is 5.73 Å². The summed E-state index contributed by atoms with van der Waals surface area (Å²) in [5.74, 6) is 0. The first-order valence-electron chi connectivity index (χ1n) is 5.89. The van der Waals surface area contributed by atoms with Crippen molar-refractivity contribution in [3.63, 3.8) is 0 Å². The summed E-state index contributed by atoms with van der Waals surface area (Å²) < 4.78 is 0. The molecular weight excluding hydrogens is 206 g/mol. The molecule has 2 aromatic rings. The fourth-order valence-corrected chi connectivity index (χ4v) is 2.46. The highest BCUT2D eigenvalue weighted by atomic mass is 14.6. The van der Waals surface area contributed by atoms with Gasteiger partial charge in [-0.1, -0.05) is 42.0 Å². The van der Waals surface area contributed by atoms with Crippen LogP contribution in [-0.4, -0.2) is 0 Å². The maximum atomic E-state index is 6.35. The monoisotopic (exact) mass is 224 g/mol. The molecule has 1 radical (unpaired) electrons. The second-order valence-electron chi connectivity index (χ2n) is 4.62. The van der Waals surface area contributed by atoms with Gasteiger partial charge in [0.2, 0.25) is 0 Å². The number of aryl methyl sites for hydroxylation is 3. The van der Waals surface area contributed by atoms with Gasteiger partial charge in [0.05, 0.1) is 6.04 Å². The molecule has 0 aliphatic rings. The van der Waals surface area contributed by atoms with Crippen LogP contribution in [0, 0.1) is 26.8 Å². The Bertz CT molecular complexity index is 491. The molecule has 1 nitrogen and oxygen atoms in total. The molecule has 2 N–H and O–H groups in total. The molecule has 0 saturated carbocycles. The molecule has 0 amide bonds. The molecule has 1 unspecified atom stereocenters. The molecule has 1 atom stereocenters. The predicted molar refractivity (Wildman–Crippen MR) is 72.0 cm³/mol. The lowest BCUT2D eigenvalue weighted by Gasteiger charge is -2.18. The summed E-state index contributed by atoms with van der Waals surface area (Å²) >= 11 is 0. The minimum atomic E-state index is -0.0507. The van der Waals surface area contributed by atoms with Crippen LogP contribution in [0.4, 0.5) is 0 Å². The largest absolute Gasteiger partial charge is 0.320 e. The van der Waals surface area contributed by atoms with E-state index in [4.69, 9.17) is 5.73 Å². The highest BCUT2D eigenvalue weighted by molar-refractivity contribution is 5.43. The summed E-state index contributed by atoms with van der Waals surface area (Å²) in [5.41, 5.74) is 12.6. The van der Waals surface area contributed by atoms with E-state index in [-0.39, 0.29) is 6.04 Å². The van der Waals surface area contributed by atoms with Gasteiger partial charge in [0.1, 0.15) is 0 Å². The maximum Gasteiger partial charge on any atom is 0.0556 e. The van der Waals surface area contributed by atoms with Crippen molar-refractivity contribution in [1.29, 1.82) is 0 Å². The van der Waals surface area contributed by atoms with E-state index in [0.717, 1.165) is 5.56 Å². The average Bonchev–Trinajstić information content (AvgIpc) is 2.28. The zero-order valence-electron chi connectivity index (χ0n) is 10.6. The topological polar surface area (TPSA) is 26.0 Å². The summed E-state index contributed by atoms with van der Waals surface area (Å²) in [5, 5.41) is 0. The van der Waals surface area contributed by atoms with Crippen LogP contribution in [-0.2, 0) is 0 Å². The summed E-state index contributed by atoms with van der Waals surface area (Å²) in [6.45, 7) is 6.38. The van der Waals surface area contributed by atoms with Gasteiger partial charge >= 0.3 is 0 Å². The van der Waals surface area contributed by atoms with Crippen LogP contribution in [0.5, 0.6) is 0 Å². The second-order valence-corrected chi connectivity index (χ2v) is 4.62. The number of hydrogen-bond acceptors (Lipinski definition) is 1. The van der Waals surface area contributed by atoms with Crippen molar-refractivity contribution >= 4 is 0 Å². The Morgan fingerprint density at radius 3 is 2.06 bits per heavy atom. The fraction of sp³-hybridized carbons (Fsp3) is 0.250. The van der Waals surface area contributed by atoms with Gasteiger partial charge in [-0.3, -0.25) is 0 Å². The lowest BCUT2D eigenvalue weighted by atomic mass is 9.91. The van der Waals surface area contributed by atoms with Gasteiger partial charge in [0.25, 0.3) is 0 Å². The van der Waals surface area contributed by atoms with Crippen LogP contribution in [0.1, 0.15) is 33.9 Å². The molecule has 0 aromatic heterocycles. The molecule has 0 saturated heterocycles. The zero-order valence-corrected chi connectivity index (χ0v) is 10.6. The first kappa shape index (κ1) is 11.9. The van der Waals surface area contributed by atoms with Crippen molar-refractivity contribution in [2.24, 2.45) is 5.73 Å². The third-order valence-corrected chi connectivity index (χ3v) is 3.15. The zero-order chi connectivity index (χ0) is 12.4. The predicted octanol–water partition coefficient (Wildman–Crippen LogP) is 3.46. The minimum Gasteiger partial charge on any atom is -0.320 e. The van der Waals surface area contributed by atoms with E-state index in [1.165, 1.54) is 22.3 Å². The number of hydrogen-bond donors (Lipinski definition) is 1. The molecule has 0 aliphatic carbocycles. The third kappa shape index (κ3) is 2.40. The first-order chi connectivity index (χ1) is 8.09. The van der Waals surface area contributed by atoms with Crippen LogP contribution in [0.3, 0.4) is 0 Å². The second kappa shape index (κ2) is 4.72. The summed E-state index contributed by atoms with van der Waals surface area (Å²) in [4.78, 5) is 0. The molecule has 0 bridgehead atoms. The van der Waals surface area contributed by atoms with Crippen molar-refractivity contribution in [2.45, 2.75) is 26.8 Å². The first-order valence-corrected chi connectivity index (χ1v) is 5.89. The smallest absolute Gasteiger partial charge is 0.0556 e.